The van der Waals surface area contributed by atoms with Gasteiger partial charge in [0.2, 0.25) is 9.84 Å². The smallest absolute Gasteiger partial charge is 0.200 e. The van der Waals surface area contributed by atoms with E-state index in [1.54, 1.807) is 0 Å². The van der Waals surface area contributed by atoms with Crippen molar-refractivity contribution >= 4 is 25.2 Å². The van der Waals surface area contributed by atoms with E-state index in [1.807, 2.05) is 0 Å². The number of rotatable bonds is 3. The summed E-state index contributed by atoms with van der Waals surface area (Å²) in [4.78, 5) is -0.165. The second-order valence-electron chi connectivity index (χ2n) is 4.68. The first kappa shape index (κ1) is 14.2. The molecule has 4 nitrogen and oxygen atoms in total. The van der Waals surface area contributed by atoms with E-state index < -0.39 is 30.7 Å². The summed E-state index contributed by atoms with van der Waals surface area (Å²) in [5.41, 5.74) is 0.467. The van der Waals surface area contributed by atoms with Crippen LogP contribution in [-0.4, -0.2) is 27.8 Å². The molecular formula is C12H13FO4S2. The molecule has 1 aliphatic rings. The van der Waals surface area contributed by atoms with Gasteiger partial charge in [0.05, 0.1) is 15.9 Å². The zero-order chi connectivity index (χ0) is 14.4. The maximum absolute atomic E-state index is 13.1. The van der Waals surface area contributed by atoms with E-state index in [4.69, 9.17) is 0 Å². The van der Waals surface area contributed by atoms with Gasteiger partial charge in [0.25, 0.3) is 0 Å². The molecule has 2 rings (SSSR count). The summed E-state index contributed by atoms with van der Waals surface area (Å²) in [5, 5.41) is 0.317. The van der Waals surface area contributed by atoms with Crippen molar-refractivity contribution in [2.45, 2.75) is 24.0 Å². The van der Waals surface area contributed by atoms with Crippen molar-refractivity contribution in [2.75, 3.05) is 5.75 Å². The Labute approximate surface area is 111 Å². The van der Waals surface area contributed by atoms with Crippen LogP contribution in [0.3, 0.4) is 0 Å². The number of fused-ring (bicyclic) bond motifs is 1. The van der Waals surface area contributed by atoms with Gasteiger partial charge in [-0.15, -0.1) is 0 Å². The minimum Gasteiger partial charge on any atom is -0.228 e. The molecule has 104 valence electrons. The van der Waals surface area contributed by atoms with E-state index in [2.05, 4.69) is 0 Å². The second kappa shape index (κ2) is 4.42. The van der Waals surface area contributed by atoms with Crippen LogP contribution >= 0.6 is 0 Å². The van der Waals surface area contributed by atoms with Crippen molar-refractivity contribution in [1.82, 2.24) is 0 Å². The predicted molar refractivity (Wildman–Crippen MR) is 70.5 cm³/mol. The third-order valence-electron chi connectivity index (χ3n) is 2.97. The molecule has 0 saturated carbocycles. The fraction of sp³-hybridized carbons (Fsp3) is 0.333. The molecule has 0 unspecified atom stereocenters. The first-order valence-corrected chi connectivity index (χ1v) is 8.87. The van der Waals surface area contributed by atoms with Crippen LogP contribution in [0.4, 0.5) is 4.39 Å². The second-order valence-corrected chi connectivity index (χ2v) is 9.01. The molecule has 0 atom stereocenters. The minimum atomic E-state index is -3.74. The quantitative estimate of drug-likeness (QED) is 0.853. The van der Waals surface area contributed by atoms with Crippen LogP contribution in [0.1, 0.15) is 19.4 Å². The number of sulfone groups is 2. The number of hydrogen-bond acceptors (Lipinski definition) is 4. The van der Waals surface area contributed by atoms with E-state index in [0.717, 1.165) is 17.5 Å². The Bertz CT molecular complexity index is 759. The van der Waals surface area contributed by atoms with Crippen LogP contribution in [0.5, 0.6) is 0 Å². The standard InChI is InChI=1S/C12H13FO4S2/c1-8(2)18(14,15)6-9-7-19(16,17)12-5-10(13)3-4-11(9)12/h3-5,7-8H,6H2,1-2H3. The Balaban J connectivity index is 2.53. The third-order valence-corrected chi connectivity index (χ3v) is 6.66. The summed E-state index contributed by atoms with van der Waals surface area (Å²) in [6, 6.07) is 3.34. The molecule has 19 heavy (non-hydrogen) atoms. The molecule has 1 aromatic carbocycles. The Morgan fingerprint density at radius 3 is 2.47 bits per heavy atom. The highest BCUT2D eigenvalue weighted by Crippen LogP contribution is 2.34. The SMILES string of the molecule is CC(C)S(=O)(=O)CC1=CS(=O)(=O)c2cc(F)ccc21. The van der Waals surface area contributed by atoms with Crippen LogP contribution < -0.4 is 0 Å². The lowest BCUT2D eigenvalue weighted by Gasteiger charge is -2.09. The highest BCUT2D eigenvalue weighted by molar-refractivity contribution is 7.95. The van der Waals surface area contributed by atoms with Gasteiger partial charge >= 0.3 is 0 Å². The number of halogens is 1. The first-order chi connectivity index (χ1) is 8.63. The average molecular weight is 304 g/mol. The van der Waals surface area contributed by atoms with Crippen LogP contribution in [-0.2, 0) is 19.7 Å². The first-order valence-electron chi connectivity index (χ1n) is 5.60. The summed E-state index contributed by atoms with van der Waals surface area (Å²) in [6.45, 7) is 3.07. The molecule has 1 aliphatic heterocycles. The van der Waals surface area contributed by atoms with Gasteiger partial charge in [0, 0.05) is 5.41 Å². The zero-order valence-electron chi connectivity index (χ0n) is 10.4. The lowest BCUT2D eigenvalue weighted by atomic mass is 10.1. The molecule has 1 heterocycles. The topological polar surface area (TPSA) is 68.3 Å². The molecule has 0 aromatic heterocycles. The van der Waals surface area contributed by atoms with Crippen molar-refractivity contribution < 1.29 is 21.2 Å². The van der Waals surface area contributed by atoms with Crippen LogP contribution in [0.25, 0.3) is 5.57 Å². The van der Waals surface area contributed by atoms with E-state index in [1.165, 1.54) is 19.9 Å². The van der Waals surface area contributed by atoms with E-state index in [0.29, 0.717) is 0 Å². The lowest BCUT2D eigenvalue weighted by molar-refractivity contribution is 0.590. The maximum Gasteiger partial charge on any atom is 0.200 e. The van der Waals surface area contributed by atoms with Crippen molar-refractivity contribution in [3.8, 4) is 0 Å². The molecule has 0 fully saturated rings. The Morgan fingerprint density at radius 2 is 1.89 bits per heavy atom. The monoisotopic (exact) mass is 304 g/mol. The van der Waals surface area contributed by atoms with Gasteiger partial charge < -0.3 is 0 Å². The zero-order valence-corrected chi connectivity index (χ0v) is 12.1. The van der Waals surface area contributed by atoms with E-state index >= 15 is 0 Å². The van der Waals surface area contributed by atoms with Crippen LogP contribution in [0.2, 0.25) is 0 Å². The molecular weight excluding hydrogens is 291 g/mol. The molecule has 0 amide bonds. The summed E-state index contributed by atoms with van der Waals surface area (Å²) < 4.78 is 60.5. The highest BCUT2D eigenvalue weighted by atomic mass is 32.2. The van der Waals surface area contributed by atoms with Gasteiger partial charge in [-0.3, -0.25) is 0 Å². The van der Waals surface area contributed by atoms with E-state index in [-0.39, 0.29) is 21.8 Å². The van der Waals surface area contributed by atoms with Crippen LogP contribution in [0, 0.1) is 5.82 Å². The maximum atomic E-state index is 13.1. The summed E-state index contributed by atoms with van der Waals surface area (Å²) in [7, 11) is -7.15. The molecule has 0 spiro atoms. The molecule has 0 N–H and O–H groups in total. The van der Waals surface area contributed by atoms with Crippen molar-refractivity contribution in [2.24, 2.45) is 0 Å². The fourth-order valence-electron chi connectivity index (χ4n) is 1.81. The summed E-state index contributed by atoms with van der Waals surface area (Å²) in [5.74, 6) is -1.02. The van der Waals surface area contributed by atoms with Gasteiger partial charge in [-0.2, -0.15) is 0 Å². The van der Waals surface area contributed by atoms with Gasteiger partial charge in [-0.25, -0.2) is 21.2 Å². The van der Waals surface area contributed by atoms with Crippen molar-refractivity contribution in [3.05, 3.63) is 35.0 Å². The molecule has 7 heteroatoms. The van der Waals surface area contributed by atoms with Gasteiger partial charge in [0.15, 0.2) is 9.84 Å². The number of benzene rings is 1. The highest BCUT2D eigenvalue weighted by Gasteiger charge is 2.30. The average Bonchev–Trinajstić information content (AvgIpc) is 2.49. The normalized spacial score (nSPS) is 17.4. The van der Waals surface area contributed by atoms with Crippen LogP contribution in [0.15, 0.2) is 28.5 Å². The van der Waals surface area contributed by atoms with E-state index in [9.17, 15) is 21.2 Å². The third kappa shape index (κ3) is 2.57. The van der Waals surface area contributed by atoms with Gasteiger partial charge in [0.1, 0.15) is 5.82 Å². The largest absolute Gasteiger partial charge is 0.228 e. The summed E-state index contributed by atoms with van der Waals surface area (Å²) >= 11 is 0. The molecule has 0 saturated heterocycles. The Morgan fingerprint density at radius 1 is 1.26 bits per heavy atom. The van der Waals surface area contributed by atoms with Gasteiger partial charge in [-0.05, 0) is 37.1 Å². The summed E-state index contributed by atoms with van der Waals surface area (Å²) in [6.07, 6.45) is 0. The Kier molecular flexibility index (Phi) is 3.30. The fourth-order valence-corrected chi connectivity index (χ4v) is 4.41. The molecule has 0 aliphatic carbocycles. The minimum absolute atomic E-state index is 0.165. The molecule has 1 aromatic rings. The van der Waals surface area contributed by atoms with Gasteiger partial charge in [-0.1, -0.05) is 6.07 Å². The predicted octanol–water partition coefficient (Wildman–Crippen LogP) is 1.78. The van der Waals surface area contributed by atoms with Crippen molar-refractivity contribution in [3.63, 3.8) is 0 Å². The molecule has 0 bridgehead atoms. The number of hydrogen-bond donors (Lipinski definition) is 0. The lowest BCUT2D eigenvalue weighted by Crippen LogP contribution is -2.18. The molecule has 0 radical (unpaired) electrons. The Hall–Kier alpha value is -1.21. The van der Waals surface area contributed by atoms with Crippen molar-refractivity contribution in [1.29, 1.82) is 0 Å².